The van der Waals surface area contributed by atoms with E-state index in [4.69, 9.17) is 0 Å². The Hall–Kier alpha value is -1.98. The summed E-state index contributed by atoms with van der Waals surface area (Å²) < 4.78 is 0. The third-order valence-corrected chi connectivity index (χ3v) is 3.62. The Bertz CT molecular complexity index is 527. The van der Waals surface area contributed by atoms with Crippen LogP contribution in [0.1, 0.15) is 38.6 Å². The highest BCUT2D eigenvalue weighted by molar-refractivity contribution is 5.96. The molecule has 1 fully saturated rings. The summed E-state index contributed by atoms with van der Waals surface area (Å²) in [5.41, 5.74) is 1.52. The van der Waals surface area contributed by atoms with E-state index in [1.807, 2.05) is 20.8 Å². The van der Waals surface area contributed by atoms with Gasteiger partial charge in [0, 0.05) is 6.20 Å². The maximum Gasteiger partial charge on any atom is 0.246 e. The van der Waals surface area contributed by atoms with Gasteiger partial charge < -0.3 is 10.2 Å². The number of nitrogens with one attached hydrogen (secondary N) is 1. The third kappa shape index (κ3) is 3.56. The van der Waals surface area contributed by atoms with Gasteiger partial charge in [0.2, 0.25) is 11.8 Å². The predicted octanol–water partition coefficient (Wildman–Crippen LogP) is 1.05. The van der Waals surface area contributed by atoms with Crippen molar-refractivity contribution in [3.05, 3.63) is 23.8 Å². The molecule has 1 aromatic rings. The fraction of sp³-hybridized carbons (Fsp3) is 0.600. The maximum atomic E-state index is 12.6. The zero-order chi connectivity index (χ0) is 15.6. The van der Waals surface area contributed by atoms with Gasteiger partial charge in [-0.3, -0.25) is 19.6 Å². The van der Waals surface area contributed by atoms with Crippen molar-refractivity contribution in [1.82, 2.24) is 20.2 Å². The van der Waals surface area contributed by atoms with E-state index in [0.717, 1.165) is 5.69 Å². The van der Waals surface area contributed by atoms with Crippen LogP contribution in [-0.2, 0) is 16.1 Å². The van der Waals surface area contributed by atoms with E-state index < -0.39 is 12.1 Å². The van der Waals surface area contributed by atoms with E-state index >= 15 is 0 Å². The number of rotatable bonds is 4. The molecule has 6 heteroatoms. The van der Waals surface area contributed by atoms with Crippen molar-refractivity contribution in [2.45, 2.75) is 52.7 Å². The Labute approximate surface area is 125 Å². The summed E-state index contributed by atoms with van der Waals surface area (Å²) in [6, 6.07) is -0.920. The fourth-order valence-corrected chi connectivity index (χ4v) is 2.41. The minimum atomic E-state index is -0.482. The average Bonchev–Trinajstić information content (AvgIpc) is 2.42. The molecule has 1 aliphatic heterocycles. The van der Waals surface area contributed by atoms with E-state index in [0.29, 0.717) is 24.6 Å². The number of aryl methyl sites for hydroxylation is 1. The van der Waals surface area contributed by atoms with Gasteiger partial charge in [0.15, 0.2) is 0 Å². The second kappa shape index (κ2) is 6.20. The Balaban J connectivity index is 2.16. The lowest BCUT2D eigenvalue weighted by Crippen LogP contribution is -2.62. The van der Waals surface area contributed by atoms with Crippen LogP contribution in [0.15, 0.2) is 12.4 Å². The second-order valence-corrected chi connectivity index (χ2v) is 5.98. The second-order valence-electron chi connectivity index (χ2n) is 5.98. The van der Waals surface area contributed by atoms with E-state index in [-0.39, 0.29) is 11.8 Å². The molecular formula is C15H22N4O2. The largest absolute Gasteiger partial charge is 0.343 e. The number of hydrogen-bond acceptors (Lipinski definition) is 4. The lowest BCUT2D eigenvalue weighted by molar-refractivity contribution is -0.149. The first-order valence-electron chi connectivity index (χ1n) is 7.27. The van der Waals surface area contributed by atoms with Crippen LogP contribution in [0.2, 0.25) is 0 Å². The molecule has 0 bridgehead atoms. The van der Waals surface area contributed by atoms with Crippen molar-refractivity contribution in [2.24, 2.45) is 5.92 Å². The quantitative estimate of drug-likeness (QED) is 0.899. The lowest BCUT2D eigenvalue weighted by Gasteiger charge is -2.37. The zero-order valence-electron chi connectivity index (χ0n) is 13.0. The molecule has 1 N–H and O–H groups in total. The van der Waals surface area contributed by atoms with Gasteiger partial charge in [0.1, 0.15) is 12.1 Å². The molecule has 0 saturated carbocycles. The number of piperazine rings is 1. The predicted molar refractivity (Wildman–Crippen MR) is 78.2 cm³/mol. The highest BCUT2D eigenvalue weighted by Gasteiger charge is 2.38. The van der Waals surface area contributed by atoms with E-state index in [1.54, 1.807) is 24.2 Å². The topological polar surface area (TPSA) is 75.2 Å². The van der Waals surface area contributed by atoms with Crippen molar-refractivity contribution >= 4 is 11.8 Å². The Morgan fingerprint density at radius 2 is 2.00 bits per heavy atom. The van der Waals surface area contributed by atoms with Gasteiger partial charge in [0.05, 0.1) is 24.1 Å². The standard InChI is InChI=1S/C15H22N4O2/c1-9(2)5-13-15(21)19(11(4)14(20)18-13)8-12-7-16-10(3)6-17-12/h6-7,9,11,13H,5,8H2,1-4H3,(H,18,20). The van der Waals surface area contributed by atoms with Gasteiger partial charge in [-0.05, 0) is 26.2 Å². The number of amides is 2. The monoisotopic (exact) mass is 290 g/mol. The molecule has 2 amide bonds. The molecule has 0 radical (unpaired) electrons. The summed E-state index contributed by atoms with van der Waals surface area (Å²) in [6.45, 7) is 7.98. The molecule has 2 heterocycles. The molecule has 1 aromatic heterocycles. The molecular weight excluding hydrogens is 268 g/mol. The number of carbonyl (C=O) groups excluding carboxylic acids is 2. The summed E-state index contributed by atoms with van der Waals surface area (Å²) in [5.74, 6) is 0.187. The van der Waals surface area contributed by atoms with Gasteiger partial charge in [-0.2, -0.15) is 0 Å². The first-order valence-corrected chi connectivity index (χ1v) is 7.27. The van der Waals surface area contributed by atoms with E-state index in [1.165, 1.54) is 0 Å². The Morgan fingerprint density at radius 1 is 1.29 bits per heavy atom. The Morgan fingerprint density at radius 3 is 2.57 bits per heavy atom. The molecule has 2 unspecified atom stereocenters. The third-order valence-electron chi connectivity index (χ3n) is 3.62. The molecule has 21 heavy (non-hydrogen) atoms. The van der Waals surface area contributed by atoms with Crippen LogP contribution in [0.25, 0.3) is 0 Å². The number of nitrogens with zero attached hydrogens (tertiary/aromatic N) is 3. The van der Waals surface area contributed by atoms with Crippen LogP contribution < -0.4 is 5.32 Å². The SMILES string of the molecule is Cc1cnc(CN2C(=O)C(CC(C)C)NC(=O)C2C)cn1. The van der Waals surface area contributed by atoms with Gasteiger partial charge in [-0.25, -0.2) is 0 Å². The molecule has 0 aromatic carbocycles. The van der Waals surface area contributed by atoms with Crippen molar-refractivity contribution in [3.8, 4) is 0 Å². The first-order chi connectivity index (χ1) is 9.88. The summed E-state index contributed by atoms with van der Waals surface area (Å²) in [7, 11) is 0. The molecule has 2 rings (SSSR count). The smallest absolute Gasteiger partial charge is 0.246 e. The maximum absolute atomic E-state index is 12.6. The van der Waals surface area contributed by atoms with Gasteiger partial charge in [-0.1, -0.05) is 13.8 Å². The minimum absolute atomic E-state index is 0.0434. The van der Waals surface area contributed by atoms with Crippen LogP contribution in [0, 0.1) is 12.8 Å². The molecule has 2 atom stereocenters. The van der Waals surface area contributed by atoms with Crippen molar-refractivity contribution < 1.29 is 9.59 Å². The number of carbonyl (C=O) groups is 2. The molecule has 0 spiro atoms. The molecule has 0 aliphatic carbocycles. The number of aromatic nitrogens is 2. The van der Waals surface area contributed by atoms with Crippen LogP contribution in [0.4, 0.5) is 0 Å². The van der Waals surface area contributed by atoms with Crippen molar-refractivity contribution in [1.29, 1.82) is 0 Å². The van der Waals surface area contributed by atoms with Crippen LogP contribution in [-0.4, -0.2) is 38.8 Å². The number of hydrogen-bond donors (Lipinski definition) is 1. The minimum Gasteiger partial charge on any atom is -0.343 e. The lowest BCUT2D eigenvalue weighted by atomic mass is 9.99. The molecule has 6 nitrogen and oxygen atoms in total. The summed E-state index contributed by atoms with van der Waals surface area (Å²) >= 11 is 0. The van der Waals surface area contributed by atoms with Gasteiger partial charge in [-0.15, -0.1) is 0 Å². The van der Waals surface area contributed by atoms with Crippen LogP contribution in [0.5, 0.6) is 0 Å². The Kier molecular flexibility index (Phi) is 4.55. The molecule has 1 saturated heterocycles. The summed E-state index contributed by atoms with van der Waals surface area (Å²) in [6.07, 6.45) is 3.97. The highest BCUT2D eigenvalue weighted by atomic mass is 16.2. The zero-order valence-corrected chi connectivity index (χ0v) is 13.0. The van der Waals surface area contributed by atoms with Crippen molar-refractivity contribution in [2.75, 3.05) is 0 Å². The van der Waals surface area contributed by atoms with E-state index in [2.05, 4.69) is 15.3 Å². The summed E-state index contributed by atoms with van der Waals surface area (Å²) in [4.78, 5) is 34.6. The van der Waals surface area contributed by atoms with Crippen LogP contribution >= 0.6 is 0 Å². The van der Waals surface area contributed by atoms with E-state index in [9.17, 15) is 9.59 Å². The normalized spacial score (nSPS) is 22.6. The summed E-state index contributed by atoms with van der Waals surface area (Å²) in [5, 5.41) is 2.81. The van der Waals surface area contributed by atoms with Crippen LogP contribution in [0.3, 0.4) is 0 Å². The van der Waals surface area contributed by atoms with Gasteiger partial charge >= 0.3 is 0 Å². The highest BCUT2D eigenvalue weighted by Crippen LogP contribution is 2.17. The average molecular weight is 290 g/mol. The molecule has 114 valence electrons. The molecule has 1 aliphatic rings. The van der Waals surface area contributed by atoms with Crippen molar-refractivity contribution in [3.63, 3.8) is 0 Å². The first kappa shape index (κ1) is 15.4. The fourth-order valence-electron chi connectivity index (χ4n) is 2.41. The van der Waals surface area contributed by atoms with Gasteiger partial charge in [0.25, 0.3) is 0 Å².